The average Bonchev–Trinajstić information content (AvgIpc) is 3.15. The molecule has 3 heterocycles. The Balaban J connectivity index is 1.34. The predicted molar refractivity (Wildman–Crippen MR) is 108 cm³/mol. The van der Waals surface area contributed by atoms with E-state index in [1.165, 1.54) is 6.33 Å². The maximum absolute atomic E-state index is 12.6. The molecular formula is C19H21N5O3S2. The number of benzene rings is 1. The van der Waals surface area contributed by atoms with Crippen LogP contribution in [-0.4, -0.2) is 48.4 Å². The lowest BCUT2D eigenvalue weighted by atomic mass is 9.89. The number of anilines is 1. The van der Waals surface area contributed by atoms with Crippen LogP contribution in [0.4, 0.5) is 5.13 Å². The third kappa shape index (κ3) is 3.37. The van der Waals surface area contributed by atoms with Gasteiger partial charge in [-0.3, -0.25) is 9.62 Å². The molecule has 2 aliphatic heterocycles. The Labute approximate surface area is 173 Å². The van der Waals surface area contributed by atoms with Crippen molar-refractivity contribution in [1.29, 1.82) is 0 Å². The molecule has 1 unspecified atom stereocenters. The van der Waals surface area contributed by atoms with Gasteiger partial charge in [0.05, 0.1) is 16.9 Å². The molecule has 2 aromatic rings. The molecular weight excluding hydrogens is 410 g/mol. The van der Waals surface area contributed by atoms with Gasteiger partial charge >= 0.3 is 0 Å². The quantitative estimate of drug-likeness (QED) is 0.749. The Kier molecular flexibility index (Phi) is 4.49. The van der Waals surface area contributed by atoms with Gasteiger partial charge in [0.15, 0.2) is 0 Å². The second kappa shape index (κ2) is 6.93. The maximum atomic E-state index is 12.6. The van der Waals surface area contributed by atoms with E-state index in [9.17, 15) is 8.42 Å². The number of hydrogen-bond donors (Lipinski definition) is 1. The first-order valence-electron chi connectivity index (χ1n) is 9.68. The Hall–Kier alpha value is -2.22. The molecule has 10 heteroatoms. The fraction of sp³-hybridized carbons (Fsp3) is 0.526. The van der Waals surface area contributed by atoms with E-state index in [2.05, 4.69) is 23.8 Å². The molecule has 5 rings (SSSR count). The highest BCUT2D eigenvalue weighted by Crippen LogP contribution is 2.57. The van der Waals surface area contributed by atoms with Crippen molar-refractivity contribution in [1.82, 2.24) is 14.3 Å². The minimum Gasteiger partial charge on any atom is -0.493 e. The van der Waals surface area contributed by atoms with Crippen LogP contribution in [0, 0.1) is 12.0 Å². The summed E-state index contributed by atoms with van der Waals surface area (Å²) < 4.78 is 37.4. The second-order valence-electron chi connectivity index (χ2n) is 7.95. The van der Waals surface area contributed by atoms with Crippen LogP contribution in [0.15, 0.2) is 29.4 Å². The highest BCUT2D eigenvalue weighted by molar-refractivity contribution is 7.93. The van der Waals surface area contributed by atoms with Gasteiger partial charge in [-0.15, -0.1) is 0 Å². The summed E-state index contributed by atoms with van der Waals surface area (Å²) in [5.74, 6) is 0.632. The van der Waals surface area contributed by atoms with Crippen LogP contribution in [0.25, 0.3) is 4.85 Å². The summed E-state index contributed by atoms with van der Waals surface area (Å²) in [5, 5.41) is 0.238. The second-order valence-corrected chi connectivity index (χ2v) is 10.4. The minimum atomic E-state index is -3.74. The molecule has 2 fully saturated rings. The number of nitrogens with zero attached hydrogens (tertiary/aromatic N) is 4. The van der Waals surface area contributed by atoms with E-state index in [0.717, 1.165) is 55.9 Å². The zero-order valence-electron chi connectivity index (χ0n) is 15.7. The van der Waals surface area contributed by atoms with Gasteiger partial charge in [-0.25, -0.2) is 20.0 Å². The predicted octanol–water partition coefficient (Wildman–Crippen LogP) is 2.94. The lowest BCUT2D eigenvalue weighted by Gasteiger charge is -2.39. The van der Waals surface area contributed by atoms with Crippen molar-refractivity contribution in [2.75, 3.05) is 24.4 Å². The van der Waals surface area contributed by atoms with Gasteiger partial charge in [0.25, 0.3) is 10.0 Å². The zero-order chi connectivity index (χ0) is 20.1. The number of likely N-dealkylation sites (tertiary alicyclic amines) is 1. The number of aromatic nitrogens is 2. The molecule has 3 aliphatic rings. The van der Waals surface area contributed by atoms with Crippen molar-refractivity contribution in [2.45, 2.75) is 42.7 Å². The number of fused-ring (bicyclic) bond motifs is 1. The summed E-state index contributed by atoms with van der Waals surface area (Å²) >= 11 is 0.991. The number of nitrogens with one attached hydrogen (secondary N) is 1. The molecule has 1 saturated heterocycles. The molecule has 29 heavy (non-hydrogen) atoms. The number of piperidine rings is 1. The molecule has 0 amide bonds. The lowest BCUT2D eigenvalue weighted by molar-refractivity contribution is 0.0921. The van der Waals surface area contributed by atoms with E-state index in [4.69, 9.17) is 11.3 Å². The van der Waals surface area contributed by atoms with Crippen molar-refractivity contribution < 1.29 is 13.2 Å². The Morgan fingerprint density at radius 1 is 1.34 bits per heavy atom. The topological polar surface area (TPSA) is 88.8 Å². The van der Waals surface area contributed by atoms with Gasteiger partial charge in [-0.05, 0) is 32.0 Å². The minimum absolute atomic E-state index is 0.155. The van der Waals surface area contributed by atoms with Gasteiger partial charge in [0, 0.05) is 42.0 Å². The number of hydrogen-bond acceptors (Lipinski definition) is 7. The third-order valence-corrected chi connectivity index (χ3v) is 8.47. The summed E-state index contributed by atoms with van der Waals surface area (Å²) in [4.78, 5) is 10.3. The Morgan fingerprint density at radius 3 is 2.86 bits per heavy atom. The van der Waals surface area contributed by atoms with Crippen molar-refractivity contribution in [2.24, 2.45) is 5.41 Å². The van der Waals surface area contributed by atoms with Crippen LogP contribution >= 0.6 is 11.5 Å². The summed E-state index contributed by atoms with van der Waals surface area (Å²) in [6.07, 6.45) is 5.41. The summed E-state index contributed by atoms with van der Waals surface area (Å²) in [7, 11) is -3.74. The van der Waals surface area contributed by atoms with Gasteiger partial charge in [0.1, 0.15) is 12.1 Å². The van der Waals surface area contributed by atoms with E-state index in [0.29, 0.717) is 12.4 Å². The molecule has 0 bridgehead atoms. The number of rotatable bonds is 4. The fourth-order valence-corrected chi connectivity index (χ4v) is 6.29. The molecule has 152 valence electrons. The SMILES string of the molecule is [C-]#[N+]C1CC12CCN([C@H]1CCOc3cc(S(=O)(=O)Nc4ncns4)ccc31)CC2. The van der Waals surface area contributed by atoms with Crippen LogP contribution in [0.1, 0.15) is 37.3 Å². The van der Waals surface area contributed by atoms with Crippen LogP contribution in [0.3, 0.4) is 0 Å². The standard InChI is InChI=1S/C19H21N5O3S2/c1-20-17-11-19(17)5-7-24(8-6-19)15-4-9-27-16-10-13(2-3-14(15)16)29(25,26)23-18-21-12-22-28-18/h2-3,10,12,15,17H,4-9,11H2,(H,21,22,23)/t15-,17?/m0/s1. The number of sulfonamides is 1. The summed E-state index contributed by atoms with van der Waals surface area (Å²) in [6, 6.07) is 5.56. The molecule has 1 aromatic heterocycles. The van der Waals surface area contributed by atoms with E-state index < -0.39 is 10.0 Å². The molecule has 0 radical (unpaired) electrons. The molecule has 1 N–H and O–H groups in total. The van der Waals surface area contributed by atoms with Gasteiger partial charge in [0.2, 0.25) is 11.2 Å². The highest BCUT2D eigenvalue weighted by atomic mass is 32.2. The van der Waals surface area contributed by atoms with Gasteiger partial charge in [-0.1, -0.05) is 6.07 Å². The van der Waals surface area contributed by atoms with Crippen molar-refractivity contribution in [3.8, 4) is 5.75 Å². The number of ether oxygens (including phenoxy) is 1. The van der Waals surface area contributed by atoms with E-state index in [1.807, 2.05) is 6.07 Å². The van der Waals surface area contributed by atoms with Gasteiger partial charge in [-0.2, -0.15) is 4.37 Å². The first-order chi connectivity index (χ1) is 14.0. The van der Waals surface area contributed by atoms with Crippen molar-refractivity contribution in [3.63, 3.8) is 0 Å². The largest absolute Gasteiger partial charge is 0.493 e. The lowest BCUT2D eigenvalue weighted by Crippen LogP contribution is -2.40. The molecule has 8 nitrogen and oxygen atoms in total. The van der Waals surface area contributed by atoms with Crippen LogP contribution in [-0.2, 0) is 10.0 Å². The van der Waals surface area contributed by atoms with E-state index in [-0.39, 0.29) is 27.5 Å². The van der Waals surface area contributed by atoms with Crippen LogP contribution < -0.4 is 9.46 Å². The maximum Gasteiger partial charge on any atom is 0.263 e. The van der Waals surface area contributed by atoms with Gasteiger partial charge < -0.3 is 9.58 Å². The fourth-order valence-electron chi connectivity index (χ4n) is 4.62. The van der Waals surface area contributed by atoms with Crippen LogP contribution in [0.5, 0.6) is 5.75 Å². The third-order valence-electron chi connectivity index (χ3n) is 6.42. The normalized spacial score (nSPS) is 25.6. The highest BCUT2D eigenvalue weighted by Gasteiger charge is 2.61. The summed E-state index contributed by atoms with van der Waals surface area (Å²) in [5.41, 5.74) is 1.31. The Morgan fingerprint density at radius 2 is 2.17 bits per heavy atom. The van der Waals surface area contributed by atoms with Crippen LogP contribution in [0.2, 0.25) is 0 Å². The smallest absolute Gasteiger partial charge is 0.263 e. The van der Waals surface area contributed by atoms with E-state index >= 15 is 0 Å². The van der Waals surface area contributed by atoms with E-state index in [1.54, 1.807) is 12.1 Å². The molecule has 1 aliphatic carbocycles. The Bertz CT molecular complexity index is 1060. The molecule has 2 atom stereocenters. The zero-order valence-corrected chi connectivity index (χ0v) is 17.4. The molecule has 1 saturated carbocycles. The van der Waals surface area contributed by atoms with Crippen molar-refractivity contribution >= 4 is 26.7 Å². The first kappa shape index (κ1) is 18.8. The molecule has 1 spiro atoms. The average molecular weight is 432 g/mol. The molecule has 1 aromatic carbocycles. The monoisotopic (exact) mass is 431 g/mol. The first-order valence-corrected chi connectivity index (χ1v) is 11.9. The summed E-state index contributed by atoms with van der Waals surface area (Å²) in [6.45, 7) is 9.82. The van der Waals surface area contributed by atoms with Crippen molar-refractivity contribution in [3.05, 3.63) is 41.5 Å².